The minimum atomic E-state index is -0.408. The van der Waals surface area contributed by atoms with Crippen LogP contribution in [-0.2, 0) is 15.1 Å². The molecule has 2 fully saturated rings. The topological polar surface area (TPSA) is 85.1 Å². The normalized spacial score (nSPS) is 19.5. The zero-order valence-electron chi connectivity index (χ0n) is 23.3. The van der Waals surface area contributed by atoms with Gasteiger partial charge in [0.1, 0.15) is 5.78 Å². The number of pyridine rings is 1. The van der Waals surface area contributed by atoms with E-state index in [2.05, 4.69) is 41.7 Å². The number of nitrogens with two attached hydrogens (primary N) is 1. The Kier molecular flexibility index (Phi) is 8.27. The third kappa shape index (κ3) is 7.42. The second-order valence-electron chi connectivity index (χ2n) is 12.3. The van der Waals surface area contributed by atoms with E-state index in [1.807, 2.05) is 38.1 Å². The summed E-state index contributed by atoms with van der Waals surface area (Å²) in [5.41, 5.74) is 11.5. The number of anilines is 1. The van der Waals surface area contributed by atoms with Gasteiger partial charge in [0.05, 0.1) is 17.6 Å². The maximum Gasteiger partial charge on any atom is 0.224 e. The van der Waals surface area contributed by atoms with Gasteiger partial charge in [-0.2, -0.15) is 0 Å². The molecule has 0 atom stereocenters. The molecule has 2 aromatic carbocycles. The first-order chi connectivity index (χ1) is 18.7. The average Bonchev–Trinajstić information content (AvgIpc) is 3.74. The summed E-state index contributed by atoms with van der Waals surface area (Å²) in [5, 5.41) is 3.11. The molecule has 0 bridgehead atoms. The Morgan fingerprint density at radius 2 is 1.38 bits per heavy atom. The lowest BCUT2D eigenvalue weighted by Gasteiger charge is -2.27. The fraction of sp³-hybridized carbons (Fsp3) is 0.441. The Morgan fingerprint density at radius 3 is 1.95 bits per heavy atom. The summed E-state index contributed by atoms with van der Waals surface area (Å²) >= 11 is 0. The number of benzene rings is 2. The van der Waals surface area contributed by atoms with Crippen molar-refractivity contribution >= 4 is 17.4 Å². The van der Waals surface area contributed by atoms with E-state index in [4.69, 9.17) is 10.7 Å². The number of carbonyl (C=O) groups is 2. The molecule has 1 aromatic heterocycles. The minimum absolute atomic E-state index is 0.0337. The number of rotatable bonds is 10. The molecule has 204 valence electrons. The number of hydrogen-bond acceptors (Lipinski definition) is 4. The van der Waals surface area contributed by atoms with Crippen molar-refractivity contribution in [3.05, 3.63) is 72.4 Å². The van der Waals surface area contributed by atoms with Crippen LogP contribution in [0.2, 0.25) is 0 Å². The minimum Gasteiger partial charge on any atom is -0.325 e. The standard InChI is InChI=1S/C34H41N3O2/c1-34(2,35)28-16-14-27(15-17-28)33-31(26-6-4-3-5-7-26)21-29(22-36-33)37-32(39)20-25-12-10-24(11-13-25)19-30(38)18-23-8-9-23/h3-7,14-17,21-25H,8-13,18-20,35H2,1-2H3,(H,37,39). The maximum atomic E-state index is 13.0. The quantitative estimate of drug-likeness (QED) is 0.288. The monoisotopic (exact) mass is 523 g/mol. The number of amides is 1. The number of aromatic nitrogens is 1. The van der Waals surface area contributed by atoms with E-state index in [1.165, 1.54) is 12.8 Å². The molecular weight excluding hydrogens is 482 g/mol. The van der Waals surface area contributed by atoms with Crippen LogP contribution in [0.1, 0.15) is 77.2 Å². The van der Waals surface area contributed by atoms with E-state index in [0.717, 1.165) is 66.5 Å². The Balaban J connectivity index is 1.23. The third-order valence-corrected chi connectivity index (χ3v) is 8.33. The van der Waals surface area contributed by atoms with Crippen molar-refractivity contribution < 1.29 is 9.59 Å². The van der Waals surface area contributed by atoms with Crippen LogP contribution in [0.5, 0.6) is 0 Å². The van der Waals surface area contributed by atoms with E-state index >= 15 is 0 Å². The average molecular weight is 524 g/mol. The van der Waals surface area contributed by atoms with Crippen molar-refractivity contribution in [2.24, 2.45) is 23.5 Å². The van der Waals surface area contributed by atoms with Gasteiger partial charge < -0.3 is 11.1 Å². The van der Waals surface area contributed by atoms with Gasteiger partial charge in [0, 0.05) is 35.9 Å². The molecule has 0 unspecified atom stereocenters. The van der Waals surface area contributed by atoms with Gasteiger partial charge in [-0.05, 0) is 87.3 Å². The van der Waals surface area contributed by atoms with Gasteiger partial charge in [0.15, 0.2) is 0 Å². The van der Waals surface area contributed by atoms with Gasteiger partial charge in [-0.25, -0.2) is 0 Å². The number of hydrogen-bond donors (Lipinski definition) is 2. The predicted molar refractivity (Wildman–Crippen MR) is 158 cm³/mol. The third-order valence-electron chi connectivity index (χ3n) is 8.33. The molecule has 3 aromatic rings. The van der Waals surface area contributed by atoms with Crippen LogP contribution in [-0.4, -0.2) is 16.7 Å². The first-order valence-corrected chi connectivity index (χ1v) is 14.5. The van der Waals surface area contributed by atoms with Crippen LogP contribution in [0.3, 0.4) is 0 Å². The lowest BCUT2D eigenvalue weighted by atomic mass is 9.78. The van der Waals surface area contributed by atoms with Crippen molar-refractivity contribution in [2.45, 2.75) is 77.2 Å². The van der Waals surface area contributed by atoms with Gasteiger partial charge in [-0.1, -0.05) is 54.6 Å². The second-order valence-corrected chi connectivity index (χ2v) is 12.3. The molecule has 0 aliphatic heterocycles. The maximum absolute atomic E-state index is 13.0. The molecule has 0 spiro atoms. The summed E-state index contributed by atoms with van der Waals surface area (Å²) in [4.78, 5) is 30.0. The number of ketones is 1. The first-order valence-electron chi connectivity index (χ1n) is 14.5. The van der Waals surface area contributed by atoms with Crippen LogP contribution in [0, 0.1) is 17.8 Å². The molecule has 39 heavy (non-hydrogen) atoms. The Labute approximate surface area is 232 Å². The first kappa shape index (κ1) is 27.3. The summed E-state index contributed by atoms with van der Waals surface area (Å²) < 4.78 is 0. The Bertz CT molecular complexity index is 1280. The predicted octanol–water partition coefficient (Wildman–Crippen LogP) is 7.50. The van der Waals surface area contributed by atoms with Crippen LogP contribution in [0.25, 0.3) is 22.4 Å². The van der Waals surface area contributed by atoms with Crippen molar-refractivity contribution in [1.82, 2.24) is 4.98 Å². The number of carbonyl (C=O) groups excluding carboxylic acids is 2. The van der Waals surface area contributed by atoms with Crippen molar-refractivity contribution in [2.75, 3.05) is 5.32 Å². The van der Waals surface area contributed by atoms with Gasteiger partial charge >= 0.3 is 0 Å². The van der Waals surface area contributed by atoms with Gasteiger partial charge in [-0.15, -0.1) is 0 Å². The molecule has 2 aliphatic carbocycles. The smallest absolute Gasteiger partial charge is 0.224 e. The van der Waals surface area contributed by atoms with E-state index in [9.17, 15) is 9.59 Å². The number of nitrogens with zero attached hydrogens (tertiary/aromatic N) is 1. The molecule has 0 saturated heterocycles. The summed E-state index contributed by atoms with van der Waals surface area (Å²) in [6.45, 7) is 3.99. The molecule has 2 aliphatic rings. The molecule has 5 nitrogen and oxygen atoms in total. The van der Waals surface area contributed by atoms with Crippen LogP contribution < -0.4 is 11.1 Å². The highest BCUT2D eigenvalue weighted by Gasteiger charge is 2.28. The molecule has 1 heterocycles. The van der Waals surface area contributed by atoms with Gasteiger partial charge in [0.25, 0.3) is 0 Å². The summed E-state index contributed by atoms with van der Waals surface area (Å²) in [6.07, 6.45) is 10.4. The fourth-order valence-corrected chi connectivity index (χ4v) is 5.82. The summed E-state index contributed by atoms with van der Waals surface area (Å²) in [7, 11) is 0. The van der Waals surface area contributed by atoms with Crippen molar-refractivity contribution in [3.8, 4) is 22.4 Å². The van der Waals surface area contributed by atoms with E-state index in [0.29, 0.717) is 35.6 Å². The Morgan fingerprint density at radius 1 is 0.821 bits per heavy atom. The fourth-order valence-electron chi connectivity index (χ4n) is 5.82. The second kappa shape index (κ2) is 11.8. The van der Waals surface area contributed by atoms with Crippen LogP contribution in [0.4, 0.5) is 5.69 Å². The molecular formula is C34H41N3O2. The Hall–Kier alpha value is -3.31. The zero-order chi connectivity index (χ0) is 27.4. The van der Waals surface area contributed by atoms with Crippen molar-refractivity contribution in [1.29, 1.82) is 0 Å². The molecule has 5 rings (SSSR count). The lowest BCUT2D eigenvalue weighted by Crippen LogP contribution is -2.28. The van der Waals surface area contributed by atoms with E-state index in [1.54, 1.807) is 6.20 Å². The lowest BCUT2D eigenvalue weighted by molar-refractivity contribution is -0.121. The van der Waals surface area contributed by atoms with Crippen LogP contribution >= 0.6 is 0 Å². The van der Waals surface area contributed by atoms with Crippen molar-refractivity contribution in [3.63, 3.8) is 0 Å². The highest BCUT2D eigenvalue weighted by molar-refractivity contribution is 5.93. The zero-order valence-corrected chi connectivity index (χ0v) is 23.3. The highest BCUT2D eigenvalue weighted by atomic mass is 16.1. The van der Waals surface area contributed by atoms with Gasteiger partial charge in [0.2, 0.25) is 5.91 Å². The number of nitrogens with one attached hydrogen (secondary N) is 1. The summed E-state index contributed by atoms with van der Waals surface area (Å²) in [6, 6.07) is 20.4. The molecule has 2 saturated carbocycles. The number of Topliss-reactive ketones (excluding diaryl/α,β-unsaturated/α-hetero) is 1. The van der Waals surface area contributed by atoms with Crippen LogP contribution in [0.15, 0.2) is 66.9 Å². The van der Waals surface area contributed by atoms with E-state index < -0.39 is 5.54 Å². The summed E-state index contributed by atoms with van der Waals surface area (Å²) in [5.74, 6) is 2.04. The SMILES string of the molecule is CC(C)(N)c1ccc(-c2ncc(NC(=O)CC3CCC(CC(=O)CC4CC4)CC3)cc2-c2ccccc2)cc1. The molecule has 5 heteroatoms. The molecule has 3 N–H and O–H groups in total. The largest absolute Gasteiger partial charge is 0.325 e. The van der Waals surface area contributed by atoms with E-state index in [-0.39, 0.29) is 5.91 Å². The molecule has 0 radical (unpaired) electrons. The highest BCUT2D eigenvalue weighted by Crippen LogP contribution is 2.37. The van der Waals surface area contributed by atoms with Gasteiger partial charge in [-0.3, -0.25) is 14.6 Å². The molecule has 1 amide bonds.